The zero-order valence-electron chi connectivity index (χ0n) is 18.8. The Balaban J connectivity index is 1.63. The summed E-state index contributed by atoms with van der Waals surface area (Å²) in [5, 5.41) is 6.05. The van der Waals surface area contributed by atoms with Crippen molar-refractivity contribution in [1.29, 1.82) is 0 Å². The minimum Gasteiger partial charge on any atom is -0.465 e. The van der Waals surface area contributed by atoms with Crippen LogP contribution in [0.1, 0.15) is 43.8 Å². The fourth-order valence-electron chi connectivity index (χ4n) is 4.64. The molecule has 2 aromatic heterocycles. The summed E-state index contributed by atoms with van der Waals surface area (Å²) < 4.78 is 16.2. The summed E-state index contributed by atoms with van der Waals surface area (Å²) in [6.45, 7) is 1.72. The Hall–Kier alpha value is -4.72. The van der Waals surface area contributed by atoms with Crippen molar-refractivity contribution < 1.29 is 23.3 Å². The van der Waals surface area contributed by atoms with Crippen LogP contribution in [0.2, 0.25) is 0 Å². The van der Waals surface area contributed by atoms with Gasteiger partial charge < -0.3 is 13.7 Å². The highest BCUT2D eigenvalue weighted by Gasteiger charge is 2.45. The molecular weight excluding hydrogens is 448 g/mol. The molecule has 0 saturated carbocycles. The Morgan fingerprint density at radius 1 is 1.00 bits per heavy atom. The van der Waals surface area contributed by atoms with E-state index in [1.54, 1.807) is 43.3 Å². The standard InChI is InChI=1S/C27H18N2O6/c1-14-13-20(28-35-14)29-22(16-7-9-17(10-8-16)27(32)33-2)21-23(30)19-12-11-15-5-3-4-6-18(15)24(19)34-25(21)26(29)31/h3-13,22H,1-2H3. The van der Waals surface area contributed by atoms with Gasteiger partial charge in [-0.05, 0) is 36.1 Å². The van der Waals surface area contributed by atoms with Gasteiger partial charge in [-0.15, -0.1) is 0 Å². The first-order valence-corrected chi connectivity index (χ1v) is 10.9. The predicted octanol–water partition coefficient (Wildman–Crippen LogP) is 4.78. The molecule has 0 saturated heterocycles. The maximum Gasteiger partial charge on any atom is 0.337 e. The third-order valence-electron chi connectivity index (χ3n) is 6.27. The Morgan fingerprint density at radius 3 is 2.49 bits per heavy atom. The first-order valence-electron chi connectivity index (χ1n) is 10.9. The Labute approximate surface area is 198 Å². The van der Waals surface area contributed by atoms with Crippen molar-refractivity contribution in [3.8, 4) is 0 Å². The SMILES string of the molecule is COC(=O)c1ccc(C2c3c(oc4c(ccc5ccccc54)c3=O)C(=O)N2c2cc(C)on2)cc1. The molecular formula is C27H18N2O6. The molecule has 1 aliphatic rings. The molecule has 3 heterocycles. The molecule has 0 radical (unpaired) electrons. The van der Waals surface area contributed by atoms with Crippen molar-refractivity contribution >= 4 is 39.4 Å². The molecule has 1 amide bonds. The van der Waals surface area contributed by atoms with Gasteiger partial charge >= 0.3 is 5.97 Å². The van der Waals surface area contributed by atoms with Gasteiger partial charge in [0.1, 0.15) is 11.3 Å². The minimum absolute atomic E-state index is 0.0402. The van der Waals surface area contributed by atoms with Gasteiger partial charge in [0.15, 0.2) is 11.2 Å². The molecule has 35 heavy (non-hydrogen) atoms. The maximum atomic E-state index is 13.8. The molecule has 8 nitrogen and oxygen atoms in total. The number of esters is 1. The van der Waals surface area contributed by atoms with Crippen LogP contribution >= 0.6 is 0 Å². The summed E-state index contributed by atoms with van der Waals surface area (Å²) in [4.78, 5) is 40.8. The lowest BCUT2D eigenvalue weighted by Crippen LogP contribution is -2.29. The molecule has 0 bridgehead atoms. The second-order valence-corrected chi connectivity index (χ2v) is 8.32. The lowest BCUT2D eigenvalue weighted by atomic mass is 9.97. The van der Waals surface area contributed by atoms with E-state index in [0.29, 0.717) is 27.9 Å². The van der Waals surface area contributed by atoms with E-state index in [4.69, 9.17) is 13.7 Å². The summed E-state index contributed by atoms with van der Waals surface area (Å²) in [5.41, 5.74) is 1.23. The molecule has 0 N–H and O–H groups in total. The number of fused-ring (bicyclic) bond motifs is 4. The summed E-state index contributed by atoms with van der Waals surface area (Å²) in [7, 11) is 1.30. The molecule has 1 atom stereocenters. The lowest BCUT2D eigenvalue weighted by molar-refractivity contribution is 0.0600. The number of carbonyl (C=O) groups excluding carboxylic acids is 2. The van der Waals surface area contributed by atoms with Gasteiger partial charge in [-0.1, -0.05) is 47.6 Å². The molecule has 8 heteroatoms. The van der Waals surface area contributed by atoms with Gasteiger partial charge in [0.25, 0.3) is 5.91 Å². The zero-order chi connectivity index (χ0) is 24.3. The molecule has 0 fully saturated rings. The van der Waals surface area contributed by atoms with E-state index in [1.165, 1.54) is 12.0 Å². The first-order chi connectivity index (χ1) is 17.0. The topological polar surface area (TPSA) is 103 Å². The quantitative estimate of drug-likeness (QED) is 0.278. The fraction of sp³-hybridized carbons (Fsp3) is 0.111. The normalized spacial score (nSPS) is 15.1. The molecule has 6 rings (SSSR count). The van der Waals surface area contributed by atoms with Crippen LogP contribution in [0.4, 0.5) is 5.82 Å². The van der Waals surface area contributed by atoms with Crippen LogP contribution in [0.25, 0.3) is 21.7 Å². The van der Waals surface area contributed by atoms with E-state index in [-0.39, 0.29) is 22.6 Å². The fourth-order valence-corrected chi connectivity index (χ4v) is 4.64. The number of ether oxygens (including phenoxy) is 1. The van der Waals surface area contributed by atoms with E-state index in [9.17, 15) is 14.4 Å². The highest BCUT2D eigenvalue weighted by Crippen LogP contribution is 2.41. The molecule has 1 unspecified atom stereocenters. The number of hydrogen-bond acceptors (Lipinski definition) is 7. The monoisotopic (exact) mass is 466 g/mol. The van der Waals surface area contributed by atoms with Crippen molar-refractivity contribution in [1.82, 2.24) is 5.16 Å². The van der Waals surface area contributed by atoms with Gasteiger partial charge in [0.2, 0.25) is 5.76 Å². The Kier molecular flexibility index (Phi) is 4.57. The summed E-state index contributed by atoms with van der Waals surface area (Å²) in [6.07, 6.45) is 0. The van der Waals surface area contributed by atoms with Crippen molar-refractivity contribution in [3.05, 3.63) is 105 Å². The van der Waals surface area contributed by atoms with E-state index in [2.05, 4.69) is 5.16 Å². The van der Waals surface area contributed by atoms with E-state index in [0.717, 1.165) is 10.8 Å². The average Bonchev–Trinajstić information content (AvgIpc) is 3.44. The molecule has 0 aliphatic carbocycles. The number of methoxy groups -OCH3 is 1. The van der Waals surface area contributed by atoms with Crippen LogP contribution in [-0.2, 0) is 4.74 Å². The van der Waals surface area contributed by atoms with Crippen molar-refractivity contribution in [3.63, 3.8) is 0 Å². The maximum absolute atomic E-state index is 13.8. The van der Waals surface area contributed by atoms with Gasteiger partial charge in [0, 0.05) is 11.5 Å². The molecule has 5 aromatic rings. The van der Waals surface area contributed by atoms with Crippen LogP contribution in [-0.4, -0.2) is 24.1 Å². The van der Waals surface area contributed by atoms with E-state index < -0.39 is 17.9 Å². The number of benzene rings is 3. The number of hydrogen-bond donors (Lipinski definition) is 0. The van der Waals surface area contributed by atoms with Gasteiger partial charge in [0.05, 0.1) is 29.7 Å². The Morgan fingerprint density at radius 2 is 1.77 bits per heavy atom. The number of aromatic nitrogens is 1. The third-order valence-corrected chi connectivity index (χ3v) is 6.27. The van der Waals surface area contributed by atoms with Crippen LogP contribution in [0.3, 0.4) is 0 Å². The summed E-state index contributed by atoms with van der Waals surface area (Å²) in [6, 6.07) is 18.4. The minimum atomic E-state index is -0.819. The largest absolute Gasteiger partial charge is 0.465 e. The highest BCUT2D eigenvalue weighted by atomic mass is 16.5. The lowest BCUT2D eigenvalue weighted by Gasteiger charge is -2.22. The van der Waals surface area contributed by atoms with Gasteiger partial charge in [-0.3, -0.25) is 14.5 Å². The van der Waals surface area contributed by atoms with Gasteiger partial charge in [-0.25, -0.2) is 4.79 Å². The van der Waals surface area contributed by atoms with E-state index >= 15 is 0 Å². The third kappa shape index (κ3) is 3.07. The van der Waals surface area contributed by atoms with Crippen LogP contribution < -0.4 is 10.3 Å². The second kappa shape index (κ2) is 7.66. The number of amides is 1. The summed E-state index contributed by atoms with van der Waals surface area (Å²) in [5.74, 6) is -0.252. The highest BCUT2D eigenvalue weighted by molar-refractivity contribution is 6.12. The number of rotatable bonds is 3. The molecule has 0 spiro atoms. The van der Waals surface area contributed by atoms with Crippen LogP contribution in [0.5, 0.6) is 0 Å². The number of anilines is 1. The molecule has 172 valence electrons. The second-order valence-electron chi connectivity index (χ2n) is 8.32. The number of carbonyl (C=O) groups is 2. The van der Waals surface area contributed by atoms with Crippen LogP contribution in [0.15, 0.2) is 80.5 Å². The van der Waals surface area contributed by atoms with Crippen LogP contribution in [0, 0.1) is 6.92 Å². The van der Waals surface area contributed by atoms with Crippen molar-refractivity contribution in [2.75, 3.05) is 12.0 Å². The average molecular weight is 466 g/mol. The smallest absolute Gasteiger partial charge is 0.337 e. The van der Waals surface area contributed by atoms with Crippen molar-refractivity contribution in [2.45, 2.75) is 13.0 Å². The number of aryl methyl sites for hydroxylation is 1. The van der Waals surface area contributed by atoms with Crippen molar-refractivity contribution in [2.24, 2.45) is 0 Å². The molecule has 1 aliphatic heterocycles. The Bertz CT molecular complexity index is 1710. The zero-order valence-corrected chi connectivity index (χ0v) is 18.8. The summed E-state index contributed by atoms with van der Waals surface area (Å²) >= 11 is 0. The van der Waals surface area contributed by atoms with Gasteiger partial charge in [-0.2, -0.15) is 0 Å². The predicted molar refractivity (Wildman–Crippen MR) is 128 cm³/mol. The van der Waals surface area contributed by atoms with E-state index in [1.807, 2.05) is 30.3 Å². The first kappa shape index (κ1) is 20.9. The number of nitrogens with zero attached hydrogens (tertiary/aromatic N) is 2. The molecule has 3 aromatic carbocycles.